The number of Topliss-reactive ketones (excluding diaryl/α,β-unsaturated/α-hetero) is 1. The molecular formula is C8H14NO2. The highest BCUT2D eigenvalue weighted by atomic mass is 16.5. The Morgan fingerprint density at radius 2 is 2.09 bits per heavy atom. The number of ether oxygens (including phenoxy) is 1. The van der Waals surface area contributed by atoms with Gasteiger partial charge in [-0.25, -0.2) is 0 Å². The van der Waals surface area contributed by atoms with E-state index in [4.69, 9.17) is 4.74 Å². The predicted octanol–water partition coefficient (Wildman–Crippen LogP) is 0.110. The molecule has 1 radical (unpaired) electrons. The molecule has 1 aliphatic heterocycles. The van der Waals surface area contributed by atoms with Crippen LogP contribution in [-0.2, 0) is 9.53 Å². The topological polar surface area (TPSA) is 29.5 Å². The van der Waals surface area contributed by atoms with E-state index in [1.54, 1.807) is 0 Å². The van der Waals surface area contributed by atoms with Crippen LogP contribution in [0.3, 0.4) is 0 Å². The van der Waals surface area contributed by atoms with Gasteiger partial charge in [-0.2, -0.15) is 0 Å². The number of hydrogen-bond donors (Lipinski definition) is 0. The summed E-state index contributed by atoms with van der Waals surface area (Å²) in [5, 5.41) is 0. The van der Waals surface area contributed by atoms with E-state index >= 15 is 0 Å². The lowest BCUT2D eigenvalue weighted by Crippen LogP contribution is -2.45. The van der Waals surface area contributed by atoms with E-state index in [1.807, 2.05) is 6.92 Å². The molecule has 0 amide bonds. The second kappa shape index (κ2) is 3.83. The minimum atomic E-state index is -0.0427. The molecule has 3 nitrogen and oxygen atoms in total. The molecule has 11 heavy (non-hydrogen) atoms. The zero-order valence-corrected chi connectivity index (χ0v) is 6.88. The van der Waals surface area contributed by atoms with Crippen LogP contribution < -0.4 is 0 Å². The molecule has 0 bridgehead atoms. The van der Waals surface area contributed by atoms with Crippen LogP contribution in [0.1, 0.15) is 6.92 Å². The van der Waals surface area contributed by atoms with E-state index in [1.165, 1.54) is 0 Å². The number of morpholine rings is 1. The maximum atomic E-state index is 10.8. The predicted molar refractivity (Wildman–Crippen MR) is 42.2 cm³/mol. The molecule has 0 saturated carbocycles. The Bertz CT molecular complexity index is 141. The zero-order valence-electron chi connectivity index (χ0n) is 6.88. The normalized spacial score (nSPS) is 23.1. The van der Waals surface area contributed by atoms with E-state index in [0.717, 1.165) is 26.3 Å². The third kappa shape index (κ3) is 2.27. The smallest absolute Gasteiger partial charge is 0.150 e. The van der Waals surface area contributed by atoms with Crippen LogP contribution in [0.15, 0.2) is 0 Å². The number of nitrogens with zero attached hydrogens (tertiary/aromatic N) is 1. The molecule has 1 atom stereocenters. The first kappa shape index (κ1) is 8.68. The summed E-state index contributed by atoms with van der Waals surface area (Å²) < 4.78 is 5.16. The van der Waals surface area contributed by atoms with E-state index < -0.39 is 0 Å². The lowest BCUT2D eigenvalue weighted by atomic mass is 10.2. The van der Waals surface area contributed by atoms with Crippen LogP contribution in [0.25, 0.3) is 0 Å². The van der Waals surface area contributed by atoms with Crippen LogP contribution in [0.2, 0.25) is 0 Å². The molecule has 1 fully saturated rings. The van der Waals surface area contributed by atoms with E-state index in [0.29, 0.717) is 0 Å². The van der Waals surface area contributed by atoms with Crippen LogP contribution in [-0.4, -0.2) is 43.0 Å². The SMILES string of the molecule is [CH2]C(=O)C(C)N1CCOCC1. The van der Waals surface area contributed by atoms with Crippen molar-refractivity contribution in [1.29, 1.82) is 0 Å². The molecule has 1 unspecified atom stereocenters. The minimum Gasteiger partial charge on any atom is -0.379 e. The summed E-state index contributed by atoms with van der Waals surface area (Å²) in [4.78, 5) is 12.9. The highest BCUT2D eigenvalue weighted by molar-refractivity contribution is 5.87. The van der Waals surface area contributed by atoms with E-state index in [9.17, 15) is 4.79 Å². The molecule has 0 aliphatic carbocycles. The van der Waals surface area contributed by atoms with Gasteiger partial charge in [-0.15, -0.1) is 0 Å². The summed E-state index contributed by atoms with van der Waals surface area (Å²) >= 11 is 0. The average Bonchev–Trinajstić information content (AvgIpc) is 2.05. The lowest BCUT2D eigenvalue weighted by Gasteiger charge is -2.30. The first-order valence-electron chi connectivity index (χ1n) is 3.89. The molecule has 1 aliphatic rings. The van der Waals surface area contributed by atoms with Crippen molar-refractivity contribution >= 4 is 5.78 Å². The van der Waals surface area contributed by atoms with Crippen molar-refractivity contribution in [1.82, 2.24) is 4.90 Å². The van der Waals surface area contributed by atoms with E-state index in [-0.39, 0.29) is 11.8 Å². The fourth-order valence-corrected chi connectivity index (χ4v) is 1.17. The van der Waals surface area contributed by atoms with Crippen LogP contribution in [0, 0.1) is 6.92 Å². The molecule has 0 aromatic heterocycles. The third-order valence-electron chi connectivity index (χ3n) is 2.06. The second-order valence-electron chi connectivity index (χ2n) is 2.79. The van der Waals surface area contributed by atoms with Gasteiger partial charge in [-0.3, -0.25) is 9.69 Å². The number of hydrogen-bond acceptors (Lipinski definition) is 3. The van der Waals surface area contributed by atoms with Crippen LogP contribution >= 0.6 is 0 Å². The van der Waals surface area contributed by atoms with Crippen molar-refractivity contribution in [2.75, 3.05) is 26.3 Å². The molecule has 1 saturated heterocycles. The monoisotopic (exact) mass is 156 g/mol. The fraction of sp³-hybridized carbons (Fsp3) is 0.750. The second-order valence-corrected chi connectivity index (χ2v) is 2.79. The Labute approximate surface area is 67.3 Å². The first-order valence-corrected chi connectivity index (χ1v) is 3.89. The molecular weight excluding hydrogens is 142 g/mol. The largest absolute Gasteiger partial charge is 0.379 e. The van der Waals surface area contributed by atoms with Gasteiger partial charge in [0, 0.05) is 20.0 Å². The Balaban J connectivity index is 2.38. The average molecular weight is 156 g/mol. The highest BCUT2D eigenvalue weighted by Gasteiger charge is 2.19. The quantitative estimate of drug-likeness (QED) is 0.568. The van der Waals surface area contributed by atoms with Gasteiger partial charge < -0.3 is 4.74 Å². The Morgan fingerprint density at radius 1 is 1.55 bits per heavy atom. The van der Waals surface area contributed by atoms with Crippen molar-refractivity contribution in [2.45, 2.75) is 13.0 Å². The van der Waals surface area contributed by atoms with Crippen LogP contribution in [0.5, 0.6) is 0 Å². The van der Waals surface area contributed by atoms with Gasteiger partial charge in [0.25, 0.3) is 0 Å². The van der Waals surface area contributed by atoms with Gasteiger partial charge in [0.05, 0.1) is 19.3 Å². The minimum absolute atomic E-state index is 0.00750. The molecule has 1 heterocycles. The number of ketones is 1. The Hall–Kier alpha value is -0.410. The van der Waals surface area contributed by atoms with E-state index in [2.05, 4.69) is 11.8 Å². The Kier molecular flexibility index (Phi) is 3.02. The summed E-state index contributed by atoms with van der Waals surface area (Å²) in [7, 11) is 0. The van der Waals surface area contributed by atoms with Gasteiger partial charge in [-0.05, 0) is 6.92 Å². The van der Waals surface area contributed by atoms with Crippen molar-refractivity contribution in [3.8, 4) is 0 Å². The summed E-state index contributed by atoms with van der Waals surface area (Å²) in [6.45, 7) is 8.45. The maximum Gasteiger partial charge on any atom is 0.150 e. The van der Waals surface area contributed by atoms with Gasteiger partial charge in [0.1, 0.15) is 5.78 Å². The van der Waals surface area contributed by atoms with Crippen molar-refractivity contribution < 1.29 is 9.53 Å². The third-order valence-corrected chi connectivity index (χ3v) is 2.06. The number of carbonyl (C=O) groups excluding carboxylic acids is 1. The first-order chi connectivity index (χ1) is 5.22. The highest BCUT2D eigenvalue weighted by Crippen LogP contribution is 2.03. The summed E-state index contributed by atoms with van der Waals surface area (Å²) in [6, 6.07) is -0.0427. The summed E-state index contributed by atoms with van der Waals surface area (Å²) in [5.74, 6) is -0.00750. The van der Waals surface area contributed by atoms with Crippen LogP contribution in [0.4, 0.5) is 0 Å². The number of carbonyl (C=O) groups is 1. The van der Waals surface area contributed by atoms with Crippen molar-refractivity contribution in [3.05, 3.63) is 6.92 Å². The molecule has 3 heteroatoms. The molecule has 63 valence electrons. The van der Waals surface area contributed by atoms with Gasteiger partial charge in [0.15, 0.2) is 0 Å². The van der Waals surface area contributed by atoms with Crippen molar-refractivity contribution in [3.63, 3.8) is 0 Å². The fourth-order valence-electron chi connectivity index (χ4n) is 1.17. The summed E-state index contributed by atoms with van der Waals surface area (Å²) in [5.41, 5.74) is 0. The zero-order chi connectivity index (χ0) is 8.27. The molecule has 0 spiro atoms. The lowest BCUT2D eigenvalue weighted by molar-refractivity contribution is -0.120. The van der Waals surface area contributed by atoms with Gasteiger partial charge in [0.2, 0.25) is 0 Å². The van der Waals surface area contributed by atoms with Gasteiger partial charge >= 0.3 is 0 Å². The standard InChI is InChI=1S/C8H14NO2/c1-7(8(2)10)9-3-5-11-6-4-9/h7H,2-6H2,1H3. The molecule has 0 aromatic rings. The molecule has 0 N–H and O–H groups in total. The number of rotatable bonds is 2. The molecule has 0 aromatic carbocycles. The van der Waals surface area contributed by atoms with Crippen molar-refractivity contribution in [2.24, 2.45) is 0 Å². The summed E-state index contributed by atoms with van der Waals surface area (Å²) in [6.07, 6.45) is 0. The molecule has 1 rings (SSSR count). The maximum absolute atomic E-state index is 10.8. The van der Waals surface area contributed by atoms with Gasteiger partial charge in [-0.1, -0.05) is 0 Å². The Morgan fingerprint density at radius 3 is 2.55 bits per heavy atom.